The maximum absolute atomic E-state index is 11.5. The highest BCUT2D eigenvalue weighted by Gasteiger charge is 2.12. The van der Waals surface area contributed by atoms with Crippen LogP contribution >= 0.6 is 0 Å². The monoisotopic (exact) mass is 245 g/mol. The van der Waals surface area contributed by atoms with Crippen LogP contribution in [0.25, 0.3) is 0 Å². The van der Waals surface area contributed by atoms with Crippen molar-refractivity contribution >= 4 is 16.0 Å². The summed E-state index contributed by atoms with van der Waals surface area (Å²) in [5.74, 6) is -0.0148. The van der Waals surface area contributed by atoms with Gasteiger partial charge in [-0.1, -0.05) is 0 Å². The van der Waals surface area contributed by atoms with E-state index in [2.05, 4.69) is 25.2 Å². The molecule has 16 heavy (non-hydrogen) atoms. The Morgan fingerprint density at radius 2 is 1.88 bits per heavy atom. The van der Waals surface area contributed by atoms with Crippen molar-refractivity contribution in [2.24, 2.45) is 0 Å². The van der Waals surface area contributed by atoms with Crippen molar-refractivity contribution in [3.63, 3.8) is 0 Å². The fourth-order valence-electron chi connectivity index (χ4n) is 0.927. The van der Waals surface area contributed by atoms with Crippen molar-refractivity contribution in [3.05, 3.63) is 11.4 Å². The van der Waals surface area contributed by atoms with Crippen LogP contribution < -0.4 is 10.0 Å². The first kappa shape index (κ1) is 12.8. The van der Waals surface area contributed by atoms with Crippen LogP contribution in [-0.4, -0.2) is 42.9 Å². The van der Waals surface area contributed by atoms with Crippen molar-refractivity contribution in [2.75, 3.05) is 24.1 Å². The molecule has 0 saturated carbocycles. The molecule has 0 spiro atoms. The molecule has 0 aromatic carbocycles. The lowest BCUT2D eigenvalue weighted by molar-refractivity contribution is 0.598. The van der Waals surface area contributed by atoms with Gasteiger partial charge in [-0.2, -0.15) is 5.10 Å². The van der Waals surface area contributed by atoms with Crippen LogP contribution in [0.5, 0.6) is 0 Å². The van der Waals surface area contributed by atoms with Crippen LogP contribution in [0.15, 0.2) is 0 Å². The Morgan fingerprint density at radius 3 is 2.44 bits per heavy atom. The highest BCUT2D eigenvalue weighted by molar-refractivity contribution is 7.92. The van der Waals surface area contributed by atoms with Crippen molar-refractivity contribution in [1.82, 2.24) is 20.5 Å². The standard InChI is InChI=1S/C8H15N5O2S/c1-6-7(2)11-12-8(10-6)13-16(14,15)5-4-9-3/h9H,4-5H2,1-3H3,(H,10,12,13). The van der Waals surface area contributed by atoms with E-state index in [-0.39, 0.29) is 11.7 Å². The highest BCUT2D eigenvalue weighted by atomic mass is 32.2. The first-order valence-electron chi connectivity index (χ1n) is 4.77. The molecule has 90 valence electrons. The number of aryl methyl sites for hydroxylation is 2. The van der Waals surface area contributed by atoms with Gasteiger partial charge in [0.05, 0.1) is 17.1 Å². The van der Waals surface area contributed by atoms with E-state index in [1.807, 2.05) is 0 Å². The van der Waals surface area contributed by atoms with Gasteiger partial charge >= 0.3 is 0 Å². The SMILES string of the molecule is CNCCS(=O)(=O)Nc1nnc(C)c(C)n1. The van der Waals surface area contributed by atoms with E-state index in [1.165, 1.54) is 0 Å². The third-order valence-electron chi connectivity index (χ3n) is 1.96. The number of hydrogen-bond acceptors (Lipinski definition) is 6. The summed E-state index contributed by atoms with van der Waals surface area (Å²) in [5, 5.41) is 10.2. The van der Waals surface area contributed by atoms with E-state index in [4.69, 9.17) is 0 Å². The number of aromatic nitrogens is 3. The summed E-state index contributed by atoms with van der Waals surface area (Å²) < 4.78 is 25.3. The van der Waals surface area contributed by atoms with Crippen LogP contribution in [0.4, 0.5) is 5.95 Å². The van der Waals surface area contributed by atoms with Crippen molar-refractivity contribution in [3.8, 4) is 0 Å². The second kappa shape index (κ2) is 5.17. The van der Waals surface area contributed by atoms with Crippen LogP contribution in [0.1, 0.15) is 11.4 Å². The molecule has 0 aliphatic carbocycles. The number of sulfonamides is 1. The molecule has 2 N–H and O–H groups in total. The van der Waals surface area contributed by atoms with E-state index in [9.17, 15) is 8.42 Å². The Labute approximate surface area is 94.7 Å². The number of nitrogens with zero attached hydrogens (tertiary/aromatic N) is 3. The Morgan fingerprint density at radius 1 is 1.19 bits per heavy atom. The van der Waals surface area contributed by atoms with Crippen LogP contribution in [0.2, 0.25) is 0 Å². The van der Waals surface area contributed by atoms with Crippen LogP contribution in [0.3, 0.4) is 0 Å². The van der Waals surface area contributed by atoms with Gasteiger partial charge in [0.2, 0.25) is 10.0 Å². The summed E-state index contributed by atoms with van der Waals surface area (Å²) in [6.07, 6.45) is 0. The molecular weight excluding hydrogens is 230 g/mol. The number of hydrogen-bond donors (Lipinski definition) is 2. The zero-order valence-corrected chi connectivity index (χ0v) is 10.3. The van der Waals surface area contributed by atoms with Crippen LogP contribution in [0, 0.1) is 13.8 Å². The average molecular weight is 245 g/mol. The molecule has 1 aromatic rings. The number of anilines is 1. The number of nitrogens with one attached hydrogen (secondary N) is 2. The minimum Gasteiger partial charge on any atom is -0.319 e. The molecule has 0 radical (unpaired) electrons. The lowest BCUT2D eigenvalue weighted by Gasteiger charge is -2.06. The number of rotatable bonds is 5. The van der Waals surface area contributed by atoms with Gasteiger partial charge in [0, 0.05) is 6.54 Å². The Bertz CT molecular complexity index is 459. The Balaban J connectivity index is 2.76. The third kappa shape index (κ3) is 3.70. The molecule has 0 saturated heterocycles. The molecule has 1 aromatic heterocycles. The summed E-state index contributed by atoms with van der Waals surface area (Å²) in [5.41, 5.74) is 1.33. The molecular formula is C8H15N5O2S. The summed E-state index contributed by atoms with van der Waals surface area (Å²) in [4.78, 5) is 3.98. The van der Waals surface area contributed by atoms with E-state index in [0.29, 0.717) is 17.9 Å². The lowest BCUT2D eigenvalue weighted by atomic mass is 10.4. The largest absolute Gasteiger partial charge is 0.319 e. The first-order valence-corrected chi connectivity index (χ1v) is 6.43. The van der Waals surface area contributed by atoms with Crippen molar-refractivity contribution < 1.29 is 8.42 Å². The van der Waals surface area contributed by atoms with Gasteiger partial charge in [0.1, 0.15) is 0 Å². The topological polar surface area (TPSA) is 96.9 Å². The van der Waals surface area contributed by atoms with Gasteiger partial charge in [-0.25, -0.2) is 18.1 Å². The molecule has 8 heteroatoms. The van der Waals surface area contributed by atoms with E-state index >= 15 is 0 Å². The highest BCUT2D eigenvalue weighted by Crippen LogP contribution is 2.03. The third-order valence-corrected chi connectivity index (χ3v) is 3.19. The molecule has 0 unspecified atom stereocenters. The van der Waals surface area contributed by atoms with Crippen LogP contribution in [-0.2, 0) is 10.0 Å². The van der Waals surface area contributed by atoms with Gasteiger partial charge in [-0.05, 0) is 20.9 Å². The second-order valence-corrected chi connectivity index (χ2v) is 5.17. The van der Waals surface area contributed by atoms with Crippen molar-refractivity contribution in [1.29, 1.82) is 0 Å². The molecule has 1 rings (SSSR count). The molecule has 7 nitrogen and oxygen atoms in total. The molecule has 0 amide bonds. The van der Waals surface area contributed by atoms with E-state index in [0.717, 1.165) is 0 Å². The summed E-state index contributed by atoms with van der Waals surface area (Å²) in [6.45, 7) is 3.87. The smallest absolute Gasteiger partial charge is 0.256 e. The fourth-order valence-corrected chi connectivity index (χ4v) is 1.87. The molecule has 0 fully saturated rings. The fraction of sp³-hybridized carbons (Fsp3) is 0.625. The van der Waals surface area contributed by atoms with Gasteiger partial charge in [-0.15, -0.1) is 5.10 Å². The minimum absolute atomic E-state index is 0.0132. The molecule has 0 atom stereocenters. The van der Waals surface area contributed by atoms with Gasteiger partial charge in [0.25, 0.3) is 5.95 Å². The molecule has 1 heterocycles. The normalized spacial score (nSPS) is 11.4. The van der Waals surface area contributed by atoms with Gasteiger partial charge in [0.15, 0.2) is 0 Å². The second-order valence-electron chi connectivity index (χ2n) is 3.33. The predicted molar refractivity (Wildman–Crippen MR) is 60.6 cm³/mol. The minimum atomic E-state index is -3.40. The Hall–Kier alpha value is -1.28. The quantitative estimate of drug-likeness (QED) is 0.722. The zero-order chi connectivity index (χ0) is 12.2. The maximum atomic E-state index is 11.5. The lowest BCUT2D eigenvalue weighted by Crippen LogP contribution is -2.25. The summed E-state index contributed by atoms with van der Waals surface area (Å²) in [6, 6.07) is 0. The van der Waals surface area contributed by atoms with Crippen molar-refractivity contribution in [2.45, 2.75) is 13.8 Å². The maximum Gasteiger partial charge on any atom is 0.256 e. The molecule has 0 aliphatic heterocycles. The van der Waals surface area contributed by atoms with Gasteiger partial charge in [-0.3, -0.25) is 0 Å². The zero-order valence-electron chi connectivity index (χ0n) is 9.48. The van der Waals surface area contributed by atoms with E-state index < -0.39 is 10.0 Å². The average Bonchev–Trinajstić information content (AvgIpc) is 2.20. The molecule has 0 aliphatic rings. The van der Waals surface area contributed by atoms with E-state index in [1.54, 1.807) is 20.9 Å². The van der Waals surface area contributed by atoms with Gasteiger partial charge < -0.3 is 5.32 Å². The summed E-state index contributed by atoms with van der Waals surface area (Å²) >= 11 is 0. The summed E-state index contributed by atoms with van der Waals surface area (Å²) in [7, 11) is -1.72. The first-order chi connectivity index (χ1) is 7.44. The molecule has 0 bridgehead atoms. The predicted octanol–water partition coefficient (Wildman–Crippen LogP) is -0.550. The Kier molecular flexibility index (Phi) is 4.13.